The molecule has 0 aliphatic carbocycles. The van der Waals surface area contributed by atoms with E-state index in [1.807, 2.05) is 13.8 Å². The summed E-state index contributed by atoms with van der Waals surface area (Å²) in [4.78, 5) is 23.9. The molecule has 2 aromatic heterocycles. The van der Waals surface area contributed by atoms with Crippen LogP contribution in [0.2, 0.25) is 0 Å². The first kappa shape index (κ1) is 20.2. The third-order valence-electron chi connectivity index (χ3n) is 4.16. The van der Waals surface area contributed by atoms with Crippen LogP contribution in [0.3, 0.4) is 0 Å². The van der Waals surface area contributed by atoms with Gasteiger partial charge in [0.05, 0.1) is 33.2 Å². The normalized spacial score (nSPS) is 10.8. The third kappa shape index (κ3) is 4.34. The van der Waals surface area contributed by atoms with E-state index in [0.29, 0.717) is 57.9 Å². The van der Waals surface area contributed by atoms with Crippen LogP contribution in [0.25, 0.3) is 22.4 Å². The van der Waals surface area contributed by atoms with Crippen molar-refractivity contribution in [2.24, 2.45) is 5.92 Å². The molecule has 0 spiro atoms. The Morgan fingerprint density at radius 2 is 1.79 bits per heavy atom. The summed E-state index contributed by atoms with van der Waals surface area (Å²) in [5.41, 5.74) is 2.22. The number of rotatable bonds is 7. The fraction of sp³-hybridized carbons (Fsp3) is 0.350. The number of amides is 1. The molecular formula is C20H24N4O5. The Kier molecular flexibility index (Phi) is 6.06. The standard InChI is InChI=1S/C20H24N4O5/c1-11(2)8-23-20(25)29-16-10-22-19-17(16)24-13(9-21-19)12-6-14(26-3)18(28-5)15(7-12)27-4/h6-7,9-11H,8H2,1-5H3,(H,21,22)(H,23,25). The maximum absolute atomic E-state index is 12.0. The van der Waals surface area contributed by atoms with Gasteiger partial charge >= 0.3 is 6.09 Å². The summed E-state index contributed by atoms with van der Waals surface area (Å²) in [6.07, 6.45) is 2.63. The number of benzene rings is 1. The predicted octanol–water partition coefficient (Wildman–Crippen LogP) is 3.40. The second-order valence-electron chi connectivity index (χ2n) is 6.68. The van der Waals surface area contributed by atoms with Crippen LogP contribution in [0.15, 0.2) is 24.5 Å². The summed E-state index contributed by atoms with van der Waals surface area (Å²) in [6, 6.07) is 3.56. The van der Waals surface area contributed by atoms with E-state index in [2.05, 4.69) is 20.3 Å². The monoisotopic (exact) mass is 400 g/mol. The summed E-state index contributed by atoms with van der Waals surface area (Å²) >= 11 is 0. The Bertz CT molecular complexity index is 990. The molecule has 0 atom stereocenters. The molecule has 3 aromatic rings. The Balaban J connectivity index is 1.96. The van der Waals surface area contributed by atoms with Crippen LogP contribution in [0, 0.1) is 5.92 Å². The first-order valence-electron chi connectivity index (χ1n) is 9.07. The Hall–Kier alpha value is -3.49. The topological polar surface area (TPSA) is 108 Å². The van der Waals surface area contributed by atoms with Gasteiger partial charge in [0.1, 0.15) is 0 Å². The SMILES string of the molecule is COc1cc(-c2cnc3[nH]cc(OC(=O)NCC(C)C)c3n2)cc(OC)c1OC. The van der Waals surface area contributed by atoms with Gasteiger partial charge in [-0.25, -0.2) is 14.8 Å². The number of H-pyrrole nitrogens is 1. The molecular weight excluding hydrogens is 376 g/mol. The quantitative estimate of drug-likeness (QED) is 0.626. The van der Waals surface area contributed by atoms with E-state index in [1.54, 1.807) is 45.9 Å². The molecule has 2 N–H and O–H groups in total. The average Bonchev–Trinajstić information content (AvgIpc) is 3.12. The Morgan fingerprint density at radius 3 is 2.38 bits per heavy atom. The molecule has 0 radical (unpaired) electrons. The number of nitrogens with zero attached hydrogens (tertiary/aromatic N) is 2. The number of aromatic nitrogens is 3. The number of hydrogen-bond donors (Lipinski definition) is 2. The molecule has 1 amide bonds. The number of carbonyl (C=O) groups excluding carboxylic acids is 1. The van der Waals surface area contributed by atoms with E-state index in [-0.39, 0.29) is 0 Å². The van der Waals surface area contributed by atoms with Gasteiger partial charge in [-0.15, -0.1) is 0 Å². The molecule has 2 heterocycles. The summed E-state index contributed by atoms with van der Waals surface area (Å²) in [5, 5.41) is 2.70. The summed E-state index contributed by atoms with van der Waals surface area (Å²) in [7, 11) is 4.63. The van der Waals surface area contributed by atoms with Gasteiger partial charge in [0.2, 0.25) is 5.75 Å². The van der Waals surface area contributed by atoms with Crippen LogP contribution in [0.5, 0.6) is 23.0 Å². The molecule has 0 aliphatic heterocycles. The van der Waals surface area contributed by atoms with Crippen LogP contribution < -0.4 is 24.3 Å². The van der Waals surface area contributed by atoms with Crippen molar-refractivity contribution < 1.29 is 23.7 Å². The Morgan fingerprint density at radius 1 is 1.10 bits per heavy atom. The van der Waals surface area contributed by atoms with Gasteiger partial charge in [0, 0.05) is 18.3 Å². The van der Waals surface area contributed by atoms with Crippen molar-refractivity contribution in [3.63, 3.8) is 0 Å². The maximum Gasteiger partial charge on any atom is 0.412 e. The molecule has 9 nitrogen and oxygen atoms in total. The van der Waals surface area contributed by atoms with Gasteiger partial charge in [-0.3, -0.25) is 0 Å². The average molecular weight is 400 g/mol. The Labute approximate surface area is 168 Å². The van der Waals surface area contributed by atoms with Gasteiger partial charge < -0.3 is 29.2 Å². The highest BCUT2D eigenvalue weighted by molar-refractivity contribution is 5.84. The number of methoxy groups -OCH3 is 3. The van der Waals surface area contributed by atoms with Crippen molar-refractivity contribution in [2.45, 2.75) is 13.8 Å². The van der Waals surface area contributed by atoms with Gasteiger partial charge in [0.25, 0.3) is 0 Å². The minimum atomic E-state index is -0.542. The van der Waals surface area contributed by atoms with Gasteiger partial charge in [-0.05, 0) is 18.1 Å². The molecule has 0 saturated heterocycles. The number of carbonyl (C=O) groups is 1. The van der Waals surface area contributed by atoms with Crippen molar-refractivity contribution >= 4 is 17.3 Å². The first-order chi connectivity index (χ1) is 14.0. The minimum absolute atomic E-state index is 0.294. The number of aromatic amines is 1. The second-order valence-corrected chi connectivity index (χ2v) is 6.68. The van der Waals surface area contributed by atoms with Crippen molar-refractivity contribution in [3.05, 3.63) is 24.5 Å². The molecule has 1 aromatic carbocycles. The number of ether oxygens (including phenoxy) is 4. The predicted molar refractivity (Wildman–Crippen MR) is 108 cm³/mol. The highest BCUT2D eigenvalue weighted by atomic mass is 16.6. The van der Waals surface area contributed by atoms with Gasteiger partial charge in [-0.1, -0.05) is 13.8 Å². The number of hydrogen-bond acceptors (Lipinski definition) is 7. The summed E-state index contributed by atoms with van der Waals surface area (Å²) < 4.78 is 21.5. The van der Waals surface area contributed by atoms with Crippen LogP contribution >= 0.6 is 0 Å². The molecule has 3 rings (SSSR count). The van der Waals surface area contributed by atoms with E-state index in [1.165, 1.54) is 0 Å². The second kappa shape index (κ2) is 8.68. The van der Waals surface area contributed by atoms with Crippen LogP contribution in [-0.4, -0.2) is 48.9 Å². The summed E-state index contributed by atoms with van der Waals surface area (Å²) in [6.45, 7) is 4.52. The van der Waals surface area contributed by atoms with Crippen molar-refractivity contribution in [1.82, 2.24) is 20.3 Å². The van der Waals surface area contributed by atoms with Gasteiger partial charge in [0.15, 0.2) is 28.4 Å². The van der Waals surface area contributed by atoms with Crippen molar-refractivity contribution in [2.75, 3.05) is 27.9 Å². The lowest BCUT2D eigenvalue weighted by atomic mass is 10.1. The molecule has 0 aliphatic rings. The van der Waals surface area contributed by atoms with Crippen molar-refractivity contribution in [1.29, 1.82) is 0 Å². The molecule has 29 heavy (non-hydrogen) atoms. The molecule has 9 heteroatoms. The lowest BCUT2D eigenvalue weighted by Crippen LogP contribution is -2.30. The fourth-order valence-corrected chi connectivity index (χ4v) is 2.74. The van der Waals surface area contributed by atoms with E-state index in [4.69, 9.17) is 18.9 Å². The summed E-state index contributed by atoms with van der Waals surface area (Å²) in [5.74, 6) is 2.10. The smallest absolute Gasteiger partial charge is 0.412 e. The van der Waals surface area contributed by atoms with E-state index >= 15 is 0 Å². The van der Waals surface area contributed by atoms with E-state index < -0.39 is 6.09 Å². The number of nitrogens with one attached hydrogen (secondary N) is 2. The highest BCUT2D eigenvalue weighted by Gasteiger charge is 2.17. The number of fused-ring (bicyclic) bond motifs is 1. The lowest BCUT2D eigenvalue weighted by molar-refractivity contribution is 0.199. The zero-order chi connectivity index (χ0) is 21.0. The van der Waals surface area contributed by atoms with Gasteiger partial charge in [-0.2, -0.15) is 0 Å². The molecule has 0 bridgehead atoms. The molecule has 0 saturated carbocycles. The molecule has 0 unspecified atom stereocenters. The fourth-order valence-electron chi connectivity index (χ4n) is 2.74. The van der Waals surface area contributed by atoms with Crippen LogP contribution in [0.1, 0.15) is 13.8 Å². The maximum atomic E-state index is 12.0. The molecule has 0 fully saturated rings. The minimum Gasteiger partial charge on any atom is -0.493 e. The third-order valence-corrected chi connectivity index (χ3v) is 4.16. The first-order valence-corrected chi connectivity index (χ1v) is 9.07. The van der Waals surface area contributed by atoms with Crippen molar-refractivity contribution in [3.8, 4) is 34.3 Å². The zero-order valence-corrected chi connectivity index (χ0v) is 17.0. The van der Waals surface area contributed by atoms with Crippen LogP contribution in [0.4, 0.5) is 4.79 Å². The van der Waals surface area contributed by atoms with E-state index in [9.17, 15) is 4.79 Å². The highest BCUT2D eigenvalue weighted by Crippen LogP contribution is 2.41. The molecule has 154 valence electrons. The van der Waals surface area contributed by atoms with E-state index in [0.717, 1.165) is 0 Å². The largest absolute Gasteiger partial charge is 0.493 e. The zero-order valence-electron chi connectivity index (χ0n) is 17.0. The lowest BCUT2D eigenvalue weighted by Gasteiger charge is -2.14. The van der Waals surface area contributed by atoms with Crippen LogP contribution in [-0.2, 0) is 0 Å².